The van der Waals surface area contributed by atoms with Crippen molar-refractivity contribution in [3.05, 3.63) is 28.2 Å². The van der Waals surface area contributed by atoms with E-state index in [1.165, 1.54) is 6.92 Å². The molecule has 1 aromatic rings. The number of alkyl halides is 1. The molecule has 0 amide bonds. The first kappa shape index (κ1) is 20.1. The van der Waals surface area contributed by atoms with E-state index in [0.29, 0.717) is 35.6 Å². The summed E-state index contributed by atoms with van der Waals surface area (Å²) < 4.78 is 15.7. The fraction of sp³-hybridized carbons (Fsp3) is 0.500. The summed E-state index contributed by atoms with van der Waals surface area (Å²) in [6, 6.07) is 5.21. The molecule has 23 heavy (non-hydrogen) atoms. The quantitative estimate of drug-likeness (QED) is 0.247. The normalized spacial score (nSPS) is 11.2. The van der Waals surface area contributed by atoms with Gasteiger partial charge in [-0.15, -0.1) is 0 Å². The Bertz CT molecular complexity index is 552. The summed E-state index contributed by atoms with van der Waals surface area (Å²) in [4.78, 5) is 22.7. The zero-order valence-corrected chi connectivity index (χ0v) is 16.5. The lowest BCUT2D eigenvalue weighted by atomic mass is 10.0. The van der Waals surface area contributed by atoms with Crippen LogP contribution in [0.5, 0.6) is 5.75 Å². The summed E-state index contributed by atoms with van der Waals surface area (Å²) in [5.41, 5.74) is 0.601. The van der Waals surface area contributed by atoms with Crippen molar-refractivity contribution in [2.45, 2.75) is 25.1 Å². The second-order valence-electron chi connectivity index (χ2n) is 5.25. The summed E-state index contributed by atoms with van der Waals surface area (Å²) in [6.45, 7) is 6.27. The van der Waals surface area contributed by atoms with Crippen molar-refractivity contribution in [1.82, 2.24) is 0 Å². The van der Waals surface area contributed by atoms with Crippen molar-refractivity contribution < 1.29 is 23.8 Å². The summed E-state index contributed by atoms with van der Waals surface area (Å²) in [6.07, 6.45) is 0. The monoisotopic (exact) mass is 450 g/mol. The second kappa shape index (κ2) is 9.39. The molecular weight excluding hydrogens is 432 g/mol. The Morgan fingerprint density at radius 1 is 1.13 bits per heavy atom. The van der Waals surface area contributed by atoms with Crippen molar-refractivity contribution in [3.8, 4) is 5.75 Å². The Balaban J connectivity index is 2.41. The van der Waals surface area contributed by atoms with Gasteiger partial charge >= 0.3 is 5.97 Å². The number of carbonyl (C=O) groups is 2. The lowest BCUT2D eigenvalue weighted by Crippen LogP contribution is -2.24. The van der Waals surface area contributed by atoms with Gasteiger partial charge < -0.3 is 14.2 Å². The third kappa shape index (κ3) is 7.46. The number of ketones is 1. The van der Waals surface area contributed by atoms with Gasteiger partial charge in [0.15, 0.2) is 5.78 Å². The van der Waals surface area contributed by atoms with Crippen LogP contribution in [0.3, 0.4) is 0 Å². The minimum absolute atomic E-state index is 0.00134. The zero-order valence-electron chi connectivity index (χ0n) is 13.4. The molecule has 7 heteroatoms. The van der Waals surface area contributed by atoms with Crippen LogP contribution in [0.4, 0.5) is 0 Å². The molecule has 0 N–H and O–H groups in total. The molecule has 0 aliphatic carbocycles. The highest BCUT2D eigenvalue weighted by atomic mass is 79.9. The number of halogens is 2. The van der Waals surface area contributed by atoms with E-state index in [4.69, 9.17) is 14.2 Å². The van der Waals surface area contributed by atoms with E-state index in [2.05, 4.69) is 31.9 Å². The molecule has 0 heterocycles. The number of rotatable bonds is 9. The van der Waals surface area contributed by atoms with Crippen LogP contribution in [0.15, 0.2) is 22.7 Å². The van der Waals surface area contributed by atoms with Gasteiger partial charge in [0.2, 0.25) is 0 Å². The maximum Gasteiger partial charge on any atom is 0.302 e. The molecule has 0 saturated heterocycles. The fourth-order valence-corrected chi connectivity index (χ4v) is 2.38. The number of esters is 1. The topological polar surface area (TPSA) is 61.8 Å². The third-order valence-electron chi connectivity index (χ3n) is 2.75. The fourth-order valence-electron chi connectivity index (χ4n) is 1.66. The molecule has 0 atom stereocenters. The summed E-state index contributed by atoms with van der Waals surface area (Å²) in [5.74, 6) is 0.311. The first-order chi connectivity index (χ1) is 10.7. The second-order valence-corrected chi connectivity index (χ2v) is 8.08. The highest BCUT2D eigenvalue weighted by molar-refractivity contribution is 9.10. The van der Waals surface area contributed by atoms with Gasteiger partial charge in [-0.05, 0) is 48.0 Å². The molecule has 128 valence electrons. The summed E-state index contributed by atoms with van der Waals surface area (Å²) in [5, 5.41) is 0. The maximum absolute atomic E-state index is 12.2. The van der Waals surface area contributed by atoms with Crippen LogP contribution in [0.25, 0.3) is 0 Å². The molecule has 0 saturated carbocycles. The van der Waals surface area contributed by atoms with Crippen LogP contribution >= 0.6 is 31.9 Å². The van der Waals surface area contributed by atoms with Gasteiger partial charge in [-0.25, -0.2) is 0 Å². The smallest absolute Gasteiger partial charge is 0.302 e. The molecular formula is C16H20Br2O5. The van der Waals surface area contributed by atoms with E-state index in [9.17, 15) is 9.59 Å². The largest absolute Gasteiger partial charge is 0.490 e. The molecule has 5 nitrogen and oxygen atoms in total. The maximum atomic E-state index is 12.2. The van der Waals surface area contributed by atoms with Crippen LogP contribution in [-0.4, -0.2) is 42.5 Å². The van der Waals surface area contributed by atoms with Crippen molar-refractivity contribution in [2.24, 2.45) is 0 Å². The molecule has 0 radical (unpaired) electrons. The average Bonchev–Trinajstić information content (AvgIpc) is 2.45. The van der Waals surface area contributed by atoms with Crippen LogP contribution in [0.1, 0.15) is 31.1 Å². The third-order valence-corrected chi connectivity index (χ3v) is 3.73. The molecule has 0 aliphatic rings. The van der Waals surface area contributed by atoms with Crippen LogP contribution in [0.2, 0.25) is 0 Å². The molecule has 0 aromatic heterocycles. The number of carbonyl (C=O) groups excluding carboxylic acids is 2. The number of ether oxygens (including phenoxy) is 3. The number of hydrogen-bond donors (Lipinski definition) is 0. The van der Waals surface area contributed by atoms with Gasteiger partial charge in [0.1, 0.15) is 19.0 Å². The predicted octanol–water partition coefficient (Wildman–Crippen LogP) is 3.76. The average molecular weight is 452 g/mol. The number of Topliss-reactive ketones (excluding diaryl/α,β-unsaturated/α-hetero) is 1. The molecule has 1 aromatic carbocycles. The zero-order chi connectivity index (χ0) is 17.5. The van der Waals surface area contributed by atoms with E-state index in [1.807, 2.05) is 0 Å². The van der Waals surface area contributed by atoms with Crippen LogP contribution in [-0.2, 0) is 14.3 Å². The first-order valence-corrected chi connectivity index (χ1v) is 8.67. The summed E-state index contributed by atoms with van der Waals surface area (Å²) >= 11 is 6.76. The van der Waals surface area contributed by atoms with Gasteiger partial charge in [0.25, 0.3) is 0 Å². The Kier molecular flexibility index (Phi) is 8.22. The van der Waals surface area contributed by atoms with Gasteiger partial charge in [-0.3, -0.25) is 9.59 Å². The van der Waals surface area contributed by atoms with E-state index < -0.39 is 4.32 Å². The van der Waals surface area contributed by atoms with Crippen molar-refractivity contribution in [3.63, 3.8) is 0 Å². The van der Waals surface area contributed by atoms with Crippen LogP contribution < -0.4 is 4.74 Å². The Hall–Kier alpha value is -0.920. The van der Waals surface area contributed by atoms with Crippen LogP contribution in [0, 0.1) is 0 Å². The minimum Gasteiger partial charge on any atom is -0.490 e. The predicted molar refractivity (Wildman–Crippen MR) is 94.4 cm³/mol. The van der Waals surface area contributed by atoms with E-state index >= 15 is 0 Å². The SMILES string of the molecule is CC(=O)OCCOCCOc1ccc(C(=O)C(C)(C)Br)cc1Br. The lowest BCUT2D eigenvalue weighted by molar-refractivity contribution is -0.142. The Morgan fingerprint density at radius 3 is 2.35 bits per heavy atom. The van der Waals surface area contributed by atoms with E-state index in [1.54, 1.807) is 32.0 Å². The van der Waals surface area contributed by atoms with Gasteiger partial charge in [-0.1, -0.05) is 15.9 Å². The molecule has 0 spiro atoms. The van der Waals surface area contributed by atoms with E-state index in [0.717, 1.165) is 0 Å². The Labute approximate surface area is 152 Å². The first-order valence-electron chi connectivity index (χ1n) is 7.09. The highest BCUT2D eigenvalue weighted by Crippen LogP contribution is 2.29. The molecule has 0 bridgehead atoms. The van der Waals surface area contributed by atoms with Gasteiger partial charge in [-0.2, -0.15) is 0 Å². The molecule has 1 rings (SSSR count). The molecule has 0 unspecified atom stereocenters. The van der Waals surface area contributed by atoms with Gasteiger partial charge in [0.05, 0.1) is 22.0 Å². The highest BCUT2D eigenvalue weighted by Gasteiger charge is 2.25. The number of hydrogen-bond acceptors (Lipinski definition) is 5. The number of benzene rings is 1. The van der Waals surface area contributed by atoms with Crippen molar-refractivity contribution in [1.29, 1.82) is 0 Å². The lowest BCUT2D eigenvalue weighted by Gasteiger charge is -2.15. The van der Waals surface area contributed by atoms with E-state index in [-0.39, 0.29) is 18.4 Å². The molecule has 0 aliphatic heterocycles. The minimum atomic E-state index is -0.607. The van der Waals surface area contributed by atoms with Crippen molar-refractivity contribution >= 4 is 43.6 Å². The Morgan fingerprint density at radius 2 is 1.78 bits per heavy atom. The standard InChI is InChI=1S/C16H20Br2O5/c1-11(19)22-8-6-21-7-9-23-14-5-4-12(10-13(14)17)15(20)16(2,3)18/h4-5,10H,6-9H2,1-3H3. The van der Waals surface area contributed by atoms with Crippen molar-refractivity contribution in [2.75, 3.05) is 26.4 Å². The van der Waals surface area contributed by atoms with Gasteiger partial charge in [0, 0.05) is 12.5 Å². The molecule has 0 fully saturated rings. The summed E-state index contributed by atoms with van der Waals surface area (Å²) in [7, 11) is 0.